The van der Waals surface area contributed by atoms with Gasteiger partial charge in [-0.25, -0.2) is 0 Å². The highest BCUT2D eigenvalue weighted by Crippen LogP contribution is 2.19. The van der Waals surface area contributed by atoms with Crippen LogP contribution in [0.1, 0.15) is 42.3 Å². The number of carbonyl (C=O) groups excluding carboxylic acids is 1. The highest BCUT2D eigenvalue weighted by Gasteiger charge is 2.19. The number of amides is 1. The maximum absolute atomic E-state index is 13.1. The molecular weight excluding hydrogens is 362 g/mol. The summed E-state index contributed by atoms with van der Waals surface area (Å²) in [5.74, 6) is 0.442. The second-order valence-electron chi connectivity index (χ2n) is 6.97. The Balaban J connectivity index is 2.26. The second-order valence-corrected chi connectivity index (χ2v) is 8.83. The van der Waals surface area contributed by atoms with Crippen LogP contribution in [-0.2, 0) is 16.7 Å². The van der Waals surface area contributed by atoms with Gasteiger partial charge in [-0.1, -0.05) is 44.2 Å². The zero-order valence-electron chi connectivity index (χ0n) is 16.3. The summed E-state index contributed by atoms with van der Waals surface area (Å²) in [5.41, 5.74) is 2.43. The smallest absolute Gasteiger partial charge is 0.308 e. The Kier molecular flexibility index (Phi) is 7.02. The first-order chi connectivity index (χ1) is 12.7. The van der Waals surface area contributed by atoms with Gasteiger partial charge in [0.15, 0.2) is 0 Å². The lowest BCUT2D eigenvalue weighted by molar-refractivity contribution is 0.0721. The lowest BCUT2D eigenvalue weighted by Gasteiger charge is -2.25. The molecule has 2 aromatic rings. The van der Waals surface area contributed by atoms with Gasteiger partial charge in [0.05, 0.1) is 5.75 Å². The third-order valence-corrected chi connectivity index (χ3v) is 5.25. The van der Waals surface area contributed by atoms with Crippen LogP contribution in [0, 0.1) is 12.8 Å². The van der Waals surface area contributed by atoms with E-state index in [0.717, 1.165) is 11.1 Å². The molecule has 0 saturated carbocycles. The molecule has 0 aliphatic carbocycles. The molecule has 0 spiro atoms. The molecule has 0 bridgehead atoms. The summed E-state index contributed by atoms with van der Waals surface area (Å²) >= 11 is 0. The Bertz CT molecular complexity index is 891. The van der Waals surface area contributed by atoms with E-state index >= 15 is 0 Å². The van der Waals surface area contributed by atoms with E-state index in [1.54, 1.807) is 23.1 Å². The van der Waals surface area contributed by atoms with Crippen LogP contribution in [0.3, 0.4) is 0 Å². The summed E-state index contributed by atoms with van der Waals surface area (Å²) in [4.78, 5) is 14.9. The molecule has 0 aliphatic rings. The number of nitrogens with zero attached hydrogens (tertiary/aromatic N) is 1. The average molecular weight is 390 g/mol. The minimum absolute atomic E-state index is 0.0331. The third-order valence-electron chi connectivity index (χ3n) is 4.10. The first-order valence-electron chi connectivity index (χ1n) is 9.08. The number of hydrogen-bond acceptors (Lipinski definition) is 4. The normalized spacial score (nSPS) is 11.4. The van der Waals surface area contributed by atoms with Crippen LogP contribution in [0.2, 0.25) is 0 Å². The highest BCUT2D eigenvalue weighted by atomic mass is 32.2. The van der Waals surface area contributed by atoms with Crippen molar-refractivity contribution < 1.29 is 17.4 Å². The van der Waals surface area contributed by atoms with Gasteiger partial charge in [-0.2, -0.15) is 8.42 Å². The van der Waals surface area contributed by atoms with E-state index in [-0.39, 0.29) is 17.4 Å². The number of carbonyl (C=O) groups is 1. The van der Waals surface area contributed by atoms with E-state index in [9.17, 15) is 13.2 Å². The summed E-state index contributed by atoms with van der Waals surface area (Å²) in [7, 11) is -3.58. The van der Waals surface area contributed by atoms with E-state index in [4.69, 9.17) is 4.18 Å². The van der Waals surface area contributed by atoms with Gasteiger partial charge in [-0.05, 0) is 49.1 Å². The van der Waals surface area contributed by atoms with Crippen LogP contribution in [-0.4, -0.2) is 31.5 Å². The van der Waals surface area contributed by atoms with Crippen LogP contribution in [0.5, 0.6) is 5.75 Å². The van der Waals surface area contributed by atoms with Crippen molar-refractivity contribution in [3.05, 3.63) is 65.2 Å². The lowest BCUT2D eigenvalue weighted by Crippen LogP contribution is -2.34. The first kappa shape index (κ1) is 21.0. The van der Waals surface area contributed by atoms with Crippen LogP contribution in [0.25, 0.3) is 0 Å². The second kappa shape index (κ2) is 9.04. The average Bonchev–Trinajstić information content (AvgIpc) is 2.60. The largest absolute Gasteiger partial charge is 0.382 e. The molecule has 0 radical (unpaired) electrons. The van der Waals surface area contributed by atoms with Crippen molar-refractivity contribution in [1.29, 1.82) is 0 Å². The number of aryl methyl sites for hydroxylation is 1. The predicted molar refractivity (Wildman–Crippen MR) is 107 cm³/mol. The molecule has 2 rings (SSSR count). The summed E-state index contributed by atoms with van der Waals surface area (Å²) in [5, 5.41) is 0. The van der Waals surface area contributed by atoms with Gasteiger partial charge in [0.2, 0.25) is 0 Å². The van der Waals surface area contributed by atoms with E-state index in [2.05, 4.69) is 13.8 Å². The van der Waals surface area contributed by atoms with Gasteiger partial charge in [0.25, 0.3) is 5.91 Å². The number of benzene rings is 2. The molecule has 0 fully saturated rings. The van der Waals surface area contributed by atoms with E-state index in [1.165, 1.54) is 6.92 Å². The van der Waals surface area contributed by atoms with Gasteiger partial charge < -0.3 is 9.08 Å². The van der Waals surface area contributed by atoms with Crippen molar-refractivity contribution in [2.45, 2.75) is 34.2 Å². The monoisotopic (exact) mass is 389 g/mol. The third kappa shape index (κ3) is 6.10. The molecule has 0 atom stereocenters. The van der Waals surface area contributed by atoms with Gasteiger partial charge in [-0.3, -0.25) is 4.79 Å². The maximum atomic E-state index is 13.1. The number of hydrogen-bond donors (Lipinski definition) is 0. The SMILES string of the molecule is CCS(=O)(=O)Oc1cccc(CN(CC(C)C)C(=O)c2ccccc2C)c1. The molecule has 0 unspecified atom stereocenters. The molecule has 1 amide bonds. The topological polar surface area (TPSA) is 63.7 Å². The molecule has 0 saturated heterocycles. The molecule has 5 nitrogen and oxygen atoms in total. The first-order valence-corrected chi connectivity index (χ1v) is 10.7. The minimum atomic E-state index is -3.58. The van der Waals surface area contributed by atoms with Crippen molar-refractivity contribution >= 4 is 16.0 Å². The van der Waals surface area contributed by atoms with Gasteiger partial charge in [-0.15, -0.1) is 0 Å². The Morgan fingerprint density at radius 3 is 2.44 bits per heavy atom. The van der Waals surface area contributed by atoms with Crippen molar-refractivity contribution in [3.8, 4) is 5.75 Å². The Morgan fingerprint density at radius 2 is 1.81 bits per heavy atom. The standard InChI is InChI=1S/C21H27NO4S/c1-5-27(24,25)26-19-11-8-10-18(13-19)15-22(14-16(2)3)21(23)20-12-7-6-9-17(20)4/h6-13,16H,5,14-15H2,1-4H3. The molecule has 0 aromatic heterocycles. The van der Waals surface area contributed by atoms with Gasteiger partial charge in [0.1, 0.15) is 5.75 Å². The van der Waals surface area contributed by atoms with Gasteiger partial charge >= 0.3 is 10.1 Å². The Hall–Kier alpha value is -2.34. The minimum Gasteiger partial charge on any atom is -0.382 e. The zero-order valence-corrected chi connectivity index (χ0v) is 17.1. The van der Waals surface area contributed by atoms with E-state index in [0.29, 0.717) is 24.6 Å². The van der Waals surface area contributed by atoms with E-state index in [1.807, 2.05) is 37.3 Å². The molecule has 0 aliphatic heterocycles. The fourth-order valence-corrected chi connectivity index (χ4v) is 3.28. The van der Waals surface area contributed by atoms with Crippen molar-refractivity contribution in [2.75, 3.05) is 12.3 Å². The summed E-state index contributed by atoms with van der Waals surface area (Å²) in [6.45, 7) is 8.56. The van der Waals surface area contributed by atoms with Crippen LogP contribution < -0.4 is 4.18 Å². The molecule has 0 N–H and O–H groups in total. The molecular formula is C21H27NO4S. The van der Waals surface area contributed by atoms with Crippen LogP contribution in [0.15, 0.2) is 48.5 Å². The zero-order chi connectivity index (χ0) is 20.0. The van der Waals surface area contributed by atoms with Crippen LogP contribution >= 0.6 is 0 Å². The molecule has 27 heavy (non-hydrogen) atoms. The fourth-order valence-electron chi connectivity index (χ4n) is 2.76. The van der Waals surface area contributed by atoms with E-state index < -0.39 is 10.1 Å². The van der Waals surface area contributed by atoms with Gasteiger partial charge in [0, 0.05) is 18.7 Å². The molecule has 0 heterocycles. The maximum Gasteiger partial charge on any atom is 0.308 e. The predicted octanol–water partition coefficient (Wildman–Crippen LogP) is 4.02. The summed E-state index contributed by atoms with van der Waals surface area (Å²) < 4.78 is 28.5. The quantitative estimate of drug-likeness (QED) is 0.640. The van der Waals surface area contributed by atoms with Crippen molar-refractivity contribution in [2.24, 2.45) is 5.92 Å². The lowest BCUT2D eigenvalue weighted by atomic mass is 10.1. The Morgan fingerprint density at radius 1 is 1.11 bits per heavy atom. The summed E-state index contributed by atoms with van der Waals surface area (Å²) in [6.07, 6.45) is 0. The molecule has 6 heteroatoms. The Labute approximate surface area is 162 Å². The van der Waals surface area contributed by atoms with Crippen LogP contribution in [0.4, 0.5) is 0 Å². The number of rotatable bonds is 8. The fraction of sp³-hybridized carbons (Fsp3) is 0.381. The highest BCUT2D eigenvalue weighted by molar-refractivity contribution is 7.87. The summed E-state index contributed by atoms with van der Waals surface area (Å²) in [6, 6.07) is 14.4. The molecule has 146 valence electrons. The van der Waals surface area contributed by atoms with Crippen molar-refractivity contribution in [3.63, 3.8) is 0 Å². The molecule has 2 aromatic carbocycles. The van der Waals surface area contributed by atoms with Crippen molar-refractivity contribution in [1.82, 2.24) is 4.90 Å².